The Balaban J connectivity index is 1.90. The Morgan fingerprint density at radius 2 is 1.50 bits per heavy atom. The first-order valence-electron chi connectivity index (χ1n) is 7.59. The Morgan fingerprint density at radius 1 is 0.875 bits per heavy atom. The van der Waals surface area contributed by atoms with Gasteiger partial charge < -0.3 is 4.74 Å². The van der Waals surface area contributed by atoms with Crippen LogP contribution in [0, 0.1) is 17.1 Å². The van der Waals surface area contributed by atoms with Gasteiger partial charge in [0.1, 0.15) is 5.82 Å². The molecule has 3 aromatic rings. The second-order valence-electron chi connectivity index (χ2n) is 5.51. The summed E-state index contributed by atoms with van der Waals surface area (Å²) >= 11 is 0. The summed E-state index contributed by atoms with van der Waals surface area (Å²) in [6.45, 7) is 0.562. The fourth-order valence-corrected chi connectivity index (χ4v) is 2.61. The number of hydrogen-bond acceptors (Lipinski definition) is 2. The van der Waals surface area contributed by atoms with Gasteiger partial charge in [-0.05, 0) is 40.5 Å². The lowest BCUT2D eigenvalue weighted by molar-refractivity contribution is 0.185. The number of hydrogen-bond donors (Lipinski definition) is 0. The van der Waals surface area contributed by atoms with E-state index in [2.05, 4.69) is 6.07 Å². The van der Waals surface area contributed by atoms with Crippen LogP contribution in [0.15, 0.2) is 66.7 Å². The summed E-state index contributed by atoms with van der Waals surface area (Å²) in [5.41, 5.74) is 4.71. The van der Waals surface area contributed by atoms with E-state index in [0.29, 0.717) is 17.7 Å². The van der Waals surface area contributed by atoms with Gasteiger partial charge in [-0.15, -0.1) is 0 Å². The van der Waals surface area contributed by atoms with Crippen molar-refractivity contribution in [3.8, 4) is 28.3 Å². The lowest BCUT2D eigenvalue weighted by Crippen LogP contribution is -1.89. The first kappa shape index (κ1) is 15.9. The molecule has 0 bridgehead atoms. The lowest BCUT2D eigenvalue weighted by atomic mass is 9.98. The summed E-state index contributed by atoms with van der Waals surface area (Å²) in [6, 6.07) is 22.1. The van der Waals surface area contributed by atoms with E-state index >= 15 is 0 Å². The molecule has 0 heterocycles. The molecule has 0 aliphatic rings. The molecule has 0 saturated heterocycles. The molecule has 0 amide bonds. The number of rotatable bonds is 4. The number of methoxy groups -OCH3 is 1. The Morgan fingerprint density at radius 3 is 2.08 bits per heavy atom. The second kappa shape index (κ2) is 7.08. The van der Waals surface area contributed by atoms with Crippen LogP contribution in [0.5, 0.6) is 0 Å². The molecule has 24 heavy (non-hydrogen) atoms. The van der Waals surface area contributed by atoms with Crippen molar-refractivity contribution in [2.45, 2.75) is 6.61 Å². The second-order valence-corrected chi connectivity index (χ2v) is 5.51. The van der Waals surface area contributed by atoms with E-state index in [0.717, 1.165) is 22.3 Å². The molecule has 0 aromatic heterocycles. The van der Waals surface area contributed by atoms with E-state index in [-0.39, 0.29) is 5.82 Å². The summed E-state index contributed by atoms with van der Waals surface area (Å²) in [7, 11) is 1.66. The Bertz CT molecular complexity index is 877. The summed E-state index contributed by atoms with van der Waals surface area (Å²) in [5.74, 6) is -0.279. The lowest BCUT2D eigenvalue weighted by Gasteiger charge is -2.08. The average molecular weight is 317 g/mol. The Kier molecular flexibility index (Phi) is 4.69. The van der Waals surface area contributed by atoms with Gasteiger partial charge in [-0.25, -0.2) is 4.39 Å². The van der Waals surface area contributed by atoms with E-state index in [1.165, 1.54) is 0 Å². The van der Waals surface area contributed by atoms with Crippen LogP contribution in [-0.4, -0.2) is 7.11 Å². The van der Waals surface area contributed by atoms with Crippen LogP contribution in [0.3, 0.4) is 0 Å². The number of nitriles is 1. The SMILES string of the molecule is COCc1ccc(-c2ccc(-c3ccc(C#N)cc3)c(F)c2)cc1. The molecule has 0 aliphatic heterocycles. The summed E-state index contributed by atoms with van der Waals surface area (Å²) in [6.07, 6.45) is 0. The van der Waals surface area contributed by atoms with E-state index in [4.69, 9.17) is 10.00 Å². The molecule has 0 atom stereocenters. The summed E-state index contributed by atoms with van der Waals surface area (Å²) in [5, 5.41) is 8.84. The van der Waals surface area contributed by atoms with Crippen molar-refractivity contribution in [1.29, 1.82) is 5.26 Å². The monoisotopic (exact) mass is 317 g/mol. The molecule has 0 aliphatic carbocycles. The molecule has 118 valence electrons. The predicted molar refractivity (Wildman–Crippen MR) is 92.7 cm³/mol. The first-order chi connectivity index (χ1) is 11.7. The maximum Gasteiger partial charge on any atom is 0.131 e. The van der Waals surface area contributed by atoms with Gasteiger partial charge in [-0.2, -0.15) is 5.26 Å². The zero-order valence-corrected chi connectivity index (χ0v) is 13.3. The molecule has 0 unspecified atom stereocenters. The van der Waals surface area contributed by atoms with Gasteiger partial charge in [0, 0.05) is 12.7 Å². The third-order valence-electron chi connectivity index (χ3n) is 3.89. The highest BCUT2D eigenvalue weighted by molar-refractivity contribution is 5.71. The third-order valence-corrected chi connectivity index (χ3v) is 3.89. The maximum absolute atomic E-state index is 14.5. The zero-order chi connectivity index (χ0) is 16.9. The minimum atomic E-state index is -0.279. The molecule has 0 saturated carbocycles. The quantitative estimate of drug-likeness (QED) is 0.664. The van der Waals surface area contributed by atoms with Crippen LogP contribution in [0.1, 0.15) is 11.1 Å². The topological polar surface area (TPSA) is 33.0 Å². The van der Waals surface area contributed by atoms with Gasteiger partial charge in [-0.3, -0.25) is 0 Å². The van der Waals surface area contributed by atoms with Crippen LogP contribution in [-0.2, 0) is 11.3 Å². The van der Waals surface area contributed by atoms with Crippen molar-refractivity contribution in [2.24, 2.45) is 0 Å². The van der Waals surface area contributed by atoms with Crippen molar-refractivity contribution in [1.82, 2.24) is 0 Å². The predicted octanol–water partition coefficient (Wildman–Crippen LogP) is 5.18. The molecule has 2 nitrogen and oxygen atoms in total. The molecular weight excluding hydrogens is 301 g/mol. The van der Waals surface area contributed by atoms with Crippen LogP contribution >= 0.6 is 0 Å². The minimum absolute atomic E-state index is 0.279. The highest BCUT2D eigenvalue weighted by Gasteiger charge is 2.08. The number of nitrogens with zero attached hydrogens (tertiary/aromatic N) is 1. The van der Waals surface area contributed by atoms with Gasteiger partial charge >= 0.3 is 0 Å². The maximum atomic E-state index is 14.5. The molecule has 3 aromatic carbocycles. The molecule has 0 spiro atoms. The number of ether oxygens (including phenoxy) is 1. The van der Waals surface area contributed by atoms with Crippen molar-refractivity contribution in [3.63, 3.8) is 0 Å². The largest absolute Gasteiger partial charge is 0.380 e. The molecule has 0 N–H and O–H groups in total. The molecule has 0 radical (unpaired) electrons. The smallest absolute Gasteiger partial charge is 0.131 e. The minimum Gasteiger partial charge on any atom is -0.380 e. The molecule has 3 heteroatoms. The van der Waals surface area contributed by atoms with E-state index in [1.54, 1.807) is 43.5 Å². The standard InChI is InChI=1S/C21H16FNO/c1-24-14-16-4-6-17(7-5-16)19-10-11-20(21(22)12-19)18-8-2-15(13-23)3-9-18/h2-12H,14H2,1H3. The Hall–Kier alpha value is -2.96. The first-order valence-corrected chi connectivity index (χ1v) is 7.59. The van der Waals surface area contributed by atoms with Crippen LogP contribution < -0.4 is 0 Å². The number of halogens is 1. The molecule has 0 fully saturated rings. The molecule has 3 rings (SSSR count). The van der Waals surface area contributed by atoms with Gasteiger partial charge in [0.2, 0.25) is 0 Å². The van der Waals surface area contributed by atoms with Gasteiger partial charge in [0.25, 0.3) is 0 Å². The third kappa shape index (κ3) is 3.34. The summed E-state index contributed by atoms with van der Waals surface area (Å²) < 4.78 is 19.6. The fraction of sp³-hybridized carbons (Fsp3) is 0.0952. The fourth-order valence-electron chi connectivity index (χ4n) is 2.61. The van der Waals surface area contributed by atoms with E-state index < -0.39 is 0 Å². The molecular formula is C21H16FNO. The highest BCUT2D eigenvalue weighted by atomic mass is 19.1. The van der Waals surface area contributed by atoms with Crippen molar-refractivity contribution in [2.75, 3.05) is 7.11 Å². The van der Waals surface area contributed by atoms with Gasteiger partial charge in [0.05, 0.1) is 18.2 Å². The number of benzene rings is 3. The van der Waals surface area contributed by atoms with Gasteiger partial charge in [-0.1, -0.05) is 48.5 Å². The van der Waals surface area contributed by atoms with Crippen LogP contribution in [0.25, 0.3) is 22.3 Å². The average Bonchev–Trinajstić information content (AvgIpc) is 2.63. The zero-order valence-electron chi connectivity index (χ0n) is 13.3. The van der Waals surface area contributed by atoms with Crippen LogP contribution in [0.2, 0.25) is 0 Å². The van der Waals surface area contributed by atoms with Crippen LogP contribution in [0.4, 0.5) is 4.39 Å². The van der Waals surface area contributed by atoms with Crippen molar-refractivity contribution in [3.05, 3.63) is 83.7 Å². The van der Waals surface area contributed by atoms with E-state index in [9.17, 15) is 4.39 Å². The Labute approximate surface area is 140 Å². The van der Waals surface area contributed by atoms with Crippen molar-refractivity contribution >= 4 is 0 Å². The van der Waals surface area contributed by atoms with Gasteiger partial charge in [0.15, 0.2) is 0 Å². The van der Waals surface area contributed by atoms with E-state index in [1.807, 2.05) is 30.3 Å². The summed E-state index contributed by atoms with van der Waals surface area (Å²) in [4.78, 5) is 0. The highest BCUT2D eigenvalue weighted by Crippen LogP contribution is 2.28. The van der Waals surface area contributed by atoms with Crippen molar-refractivity contribution < 1.29 is 9.13 Å². The normalized spacial score (nSPS) is 10.4.